The number of hydrogen-bond acceptors (Lipinski definition) is 2. The van der Waals surface area contributed by atoms with Gasteiger partial charge in [-0.25, -0.2) is 4.39 Å². The Morgan fingerprint density at radius 3 is 2.15 bits per heavy atom. The summed E-state index contributed by atoms with van der Waals surface area (Å²) in [6.45, 7) is 8.16. The topological polar surface area (TPSA) is 55.1 Å². The van der Waals surface area contributed by atoms with Crippen LogP contribution < -0.4 is 11.1 Å². The van der Waals surface area contributed by atoms with Crippen LogP contribution in [0.1, 0.15) is 43.4 Å². The minimum absolute atomic E-state index is 0.0235. The van der Waals surface area contributed by atoms with Crippen molar-refractivity contribution < 1.29 is 9.18 Å². The van der Waals surface area contributed by atoms with E-state index in [9.17, 15) is 9.18 Å². The molecule has 0 unspecified atom stereocenters. The summed E-state index contributed by atoms with van der Waals surface area (Å²) in [5, 5.41) is 2.93. The molecule has 1 amide bonds. The maximum absolute atomic E-state index is 13.6. The standard InChI is InChI=1S/C16H25FN2O/c1-5-16(6-2,10-18)15(20)19-9-13-7-11(3)14(17)12(4)8-13/h7-8H,5-6,9-10,18H2,1-4H3,(H,19,20). The Hall–Kier alpha value is -1.42. The highest BCUT2D eigenvalue weighted by Gasteiger charge is 2.32. The van der Waals surface area contributed by atoms with Gasteiger partial charge < -0.3 is 11.1 Å². The molecule has 3 nitrogen and oxygen atoms in total. The van der Waals surface area contributed by atoms with Crippen LogP contribution in [0.25, 0.3) is 0 Å². The third-order valence-corrected chi connectivity index (χ3v) is 4.18. The number of halogens is 1. The van der Waals surface area contributed by atoms with E-state index in [1.54, 1.807) is 26.0 Å². The van der Waals surface area contributed by atoms with Gasteiger partial charge in [0.15, 0.2) is 0 Å². The molecule has 112 valence electrons. The quantitative estimate of drug-likeness (QED) is 0.842. The molecule has 0 atom stereocenters. The highest BCUT2D eigenvalue weighted by atomic mass is 19.1. The Bertz CT molecular complexity index is 450. The van der Waals surface area contributed by atoms with Gasteiger partial charge in [0, 0.05) is 13.1 Å². The van der Waals surface area contributed by atoms with Crippen molar-refractivity contribution in [2.24, 2.45) is 11.1 Å². The van der Waals surface area contributed by atoms with Crippen molar-refractivity contribution in [1.29, 1.82) is 0 Å². The summed E-state index contributed by atoms with van der Waals surface area (Å²) in [7, 11) is 0. The monoisotopic (exact) mass is 280 g/mol. The first-order valence-electron chi connectivity index (χ1n) is 7.14. The molecule has 0 heterocycles. The van der Waals surface area contributed by atoms with Crippen LogP contribution in [0, 0.1) is 25.1 Å². The first-order valence-corrected chi connectivity index (χ1v) is 7.14. The van der Waals surface area contributed by atoms with Gasteiger partial charge in [-0.2, -0.15) is 0 Å². The number of carbonyl (C=O) groups excluding carboxylic acids is 1. The van der Waals surface area contributed by atoms with Crippen molar-refractivity contribution in [2.45, 2.75) is 47.1 Å². The van der Waals surface area contributed by atoms with E-state index in [-0.39, 0.29) is 11.7 Å². The van der Waals surface area contributed by atoms with Gasteiger partial charge in [0.1, 0.15) is 5.82 Å². The summed E-state index contributed by atoms with van der Waals surface area (Å²) in [6, 6.07) is 3.54. The Labute approximate surface area is 120 Å². The predicted molar refractivity (Wildman–Crippen MR) is 79.8 cm³/mol. The van der Waals surface area contributed by atoms with Gasteiger partial charge in [-0.15, -0.1) is 0 Å². The summed E-state index contributed by atoms with van der Waals surface area (Å²) in [4.78, 5) is 12.3. The number of nitrogens with two attached hydrogens (primary N) is 1. The van der Waals surface area contributed by atoms with Crippen molar-refractivity contribution in [3.63, 3.8) is 0 Å². The fourth-order valence-corrected chi connectivity index (χ4v) is 2.46. The summed E-state index contributed by atoms with van der Waals surface area (Å²) >= 11 is 0. The number of hydrogen-bond donors (Lipinski definition) is 2. The van der Waals surface area contributed by atoms with E-state index in [2.05, 4.69) is 5.32 Å². The van der Waals surface area contributed by atoms with E-state index in [4.69, 9.17) is 5.73 Å². The molecule has 4 heteroatoms. The van der Waals surface area contributed by atoms with E-state index in [1.807, 2.05) is 13.8 Å². The van der Waals surface area contributed by atoms with Gasteiger partial charge in [0.05, 0.1) is 5.41 Å². The molecule has 0 aliphatic rings. The Morgan fingerprint density at radius 2 is 1.75 bits per heavy atom. The third kappa shape index (κ3) is 3.37. The SMILES string of the molecule is CCC(CC)(CN)C(=O)NCc1cc(C)c(F)c(C)c1. The average Bonchev–Trinajstić information content (AvgIpc) is 2.44. The fourth-order valence-electron chi connectivity index (χ4n) is 2.46. The lowest BCUT2D eigenvalue weighted by atomic mass is 9.81. The van der Waals surface area contributed by atoms with Gasteiger partial charge in [-0.05, 0) is 43.4 Å². The maximum atomic E-state index is 13.6. The number of rotatable bonds is 6. The summed E-state index contributed by atoms with van der Waals surface area (Å²) < 4.78 is 13.6. The summed E-state index contributed by atoms with van der Waals surface area (Å²) in [6.07, 6.45) is 1.43. The Kier molecular flexibility index (Phi) is 5.69. The van der Waals surface area contributed by atoms with Crippen LogP contribution in [0.4, 0.5) is 4.39 Å². The fraction of sp³-hybridized carbons (Fsp3) is 0.562. The molecule has 0 saturated heterocycles. The highest BCUT2D eigenvalue weighted by molar-refractivity contribution is 5.82. The molecule has 0 saturated carbocycles. The van der Waals surface area contributed by atoms with Crippen LogP contribution in [0.15, 0.2) is 12.1 Å². The van der Waals surface area contributed by atoms with Crippen LogP contribution in [-0.2, 0) is 11.3 Å². The van der Waals surface area contributed by atoms with E-state index < -0.39 is 5.41 Å². The van der Waals surface area contributed by atoms with E-state index >= 15 is 0 Å². The molecule has 0 aliphatic heterocycles. The summed E-state index contributed by atoms with van der Waals surface area (Å²) in [5.41, 5.74) is 7.37. The van der Waals surface area contributed by atoms with Gasteiger partial charge >= 0.3 is 0 Å². The lowest BCUT2D eigenvalue weighted by molar-refractivity contribution is -0.131. The smallest absolute Gasteiger partial charge is 0.227 e. The zero-order valence-electron chi connectivity index (χ0n) is 12.8. The molecule has 20 heavy (non-hydrogen) atoms. The van der Waals surface area contributed by atoms with Crippen molar-refractivity contribution >= 4 is 5.91 Å². The van der Waals surface area contributed by atoms with Crippen molar-refractivity contribution in [3.8, 4) is 0 Å². The van der Waals surface area contributed by atoms with Gasteiger partial charge in [-0.1, -0.05) is 26.0 Å². The zero-order chi connectivity index (χ0) is 15.3. The van der Waals surface area contributed by atoms with Gasteiger partial charge in [-0.3, -0.25) is 4.79 Å². The molecule has 0 aliphatic carbocycles. The molecule has 3 N–H and O–H groups in total. The molecule has 0 aromatic heterocycles. The van der Waals surface area contributed by atoms with Crippen LogP contribution in [0.2, 0.25) is 0 Å². The first-order chi connectivity index (χ1) is 9.40. The molecular weight excluding hydrogens is 255 g/mol. The average molecular weight is 280 g/mol. The molecule has 1 rings (SSSR count). The Balaban J connectivity index is 2.79. The maximum Gasteiger partial charge on any atom is 0.227 e. The first kappa shape index (κ1) is 16.6. The predicted octanol–water partition coefficient (Wildman–Crippen LogP) is 2.82. The summed E-state index contributed by atoms with van der Waals surface area (Å²) in [5.74, 6) is -0.205. The largest absolute Gasteiger partial charge is 0.352 e. The minimum Gasteiger partial charge on any atom is -0.352 e. The number of amides is 1. The van der Waals surface area contributed by atoms with E-state index in [0.29, 0.717) is 37.1 Å². The van der Waals surface area contributed by atoms with Crippen molar-refractivity contribution in [2.75, 3.05) is 6.54 Å². The normalized spacial score (nSPS) is 11.5. The highest BCUT2D eigenvalue weighted by Crippen LogP contribution is 2.25. The molecule has 0 bridgehead atoms. The third-order valence-electron chi connectivity index (χ3n) is 4.18. The number of nitrogens with one attached hydrogen (secondary N) is 1. The van der Waals surface area contributed by atoms with Crippen LogP contribution in [0.5, 0.6) is 0 Å². The van der Waals surface area contributed by atoms with E-state index in [1.165, 1.54) is 0 Å². The molecule has 0 spiro atoms. The van der Waals surface area contributed by atoms with Crippen LogP contribution in [-0.4, -0.2) is 12.5 Å². The lowest BCUT2D eigenvalue weighted by Crippen LogP contribution is -2.45. The van der Waals surface area contributed by atoms with Gasteiger partial charge in [0.25, 0.3) is 0 Å². The molecule has 0 fully saturated rings. The molecule has 1 aromatic rings. The lowest BCUT2D eigenvalue weighted by Gasteiger charge is -2.28. The number of aryl methyl sites for hydroxylation is 2. The number of benzene rings is 1. The molecule has 0 radical (unpaired) electrons. The zero-order valence-corrected chi connectivity index (χ0v) is 12.8. The second-order valence-electron chi connectivity index (χ2n) is 5.42. The van der Waals surface area contributed by atoms with Gasteiger partial charge in [0.2, 0.25) is 5.91 Å². The Morgan fingerprint density at radius 1 is 1.25 bits per heavy atom. The molecular formula is C16H25FN2O. The second-order valence-corrected chi connectivity index (χ2v) is 5.42. The van der Waals surface area contributed by atoms with Crippen molar-refractivity contribution in [3.05, 3.63) is 34.6 Å². The van der Waals surface area contributed by atoms with Crippen LogP contribution >= 0.6 is 0 Å². The minimum atomic E-state index is -0.496. The molecule has 1 aromatic carbocycles. The second kappa shape index (κ2) is 6.84. The van der Waals surface area contributed by atoms with Crippen molar-refractivity contribution in [1.82, 2.24) is 5.32 Å². The number of carbonyl (C=O) groups is 1. The van der Waals surface area contributed by atoms with E-state index in [0.717, 1.165) is 5.56 Å². The van der Waals surface area contributed by atoms with Crippen LogP contribution in [0.3, 0.4) is 0 Å².